The Hall–Kier alpha value is -1.70. The fraction of sp³-hybridized carbons (Fsp3) is 0.562. The van der Waals surface area contributed by atoms with Crippen molar-refractivity contribution in [2.75, 3.05) is 46.5 Å². The van der Waals surface area contributed by atoms with Crippen molar-refractivity contribution in [1.29, 1.82) is 0 Å². The van der Waals surface area contributed by atoms with Crippen molar-refractivity contribution in [3.8, 4) is 5.75 Å². The Morgan fingerprint density at radius 1 is 1.35 bits per heavy atom. The van der Waals surface area contributed by atoms with E-state index in [9.17, 15) is 14.3 Å². The van der Waals surface area contributed by atoms with Gasteiger partial charge in [-0.1, -0.05) is 6.07 Å². The van der Waals surface area contributed by atoms with Crippen molar-refractivity contribution in [3.63, 3.8) is 0 Å². The molecule has 0 radical (unpaired) electrons. The molecule has 2 aliphatic rings. The fourth-order valence-corrected chi connectivity index (χ4v) is 3.26. The quantitative estimate of drug-likeness (QED) is 0.869. The number of aliphatic hydroxyl groups excluding tert-OH is 1. The van der Waals surface area contributed by atoms with Crippen LogP contribution >= 0.6 is 0 Å². The van der Waals surface area contributed by atoms with E-state index in [1.54, 1.807) is 11.0 Å². The Morgan fingerprint density at radius 2 is 2.09 bits per heavy atom. The van der Waals surface area contributed by atoms with E-state index in [0.717, 1.165) is 13.1 Å². The van der Waals surface area contributed by atoms with E-state index in [1.165, 1.54) is 19.2 Å². The maximum atomic E-state index is 13.8. The largest absolute Gasteiger partial charge is 0.493 e. The van der Waals surface area contributed by atoms with Crippen molar-refractivity contribution in [2.24, 2.45) is 0 Å². The van der Waals surface area contributed by atoms with Gasteiger partial charge in [0.05, 0.1) is 38.0 Å². The summed E-state index contributed by atoms with van der Waals surface area (Å²) >= 11 is 0. The summed E-state index contributed by atoms with van der Waals surface area (Å²) in [5, 5.41) is 10.3. The number of rotatable bonds is 3. The van der Waals surface area contributed by atoms with Crippen LogP contribution in [0.15, 0.2) is 18.2 Å². The summed E-state index contributed by atoms with van der Waals surface area (Å²) in [7, 11) is 1.34. The number of benzene rings is 1. The molecular formula is C16H21FN2O4. The van der Waals surface area contributed by atoms with E-state index in [1.807, 2.05) is 0 Å². The van der Waals surface area contributed by atoms with Gasteiger partial charge in [-0.15, -0.1) is 0 Å². The number of nitrogens with zero attached hydrogens (tertiary/aromatic N) is 2. The zero-order valence-corrected chi connectivity index (χ0v) is 13.1. The van der Waals surface area contributed by atoms with Gasteiger partial charge in [0.1, 0.15) is 0 Å². The molecule has 2 aliphatic heterocycles. The molecule has 23 heavy (non-hydrogen) atoms. The highest BCUT2D eigenvalue weighted by atomic mass is 19.1. The van der Waals surface area contributed by atoms with Crippen molar-refractivity contribution >= 4 is 5.91 Å². The Balaban J connectivity index is 1.75. The van der Waals surface area contributed by atoms with E-state index in [4.69, 9.17) is 9.47 Å². The first-order chi connectivity index (χ1) is 11.1. The minimum atomic E-state index is -0.614. The molecule has 2 heterocycles. The van der Waals surface area contributed by atoms with Crippen LogP contribution in [0.25, 0.3) is 0 Å². The van der Waals surface area contributed by atoms with E-state index >= 15 is 0 Å². The lowest BCUT2D eigenvalue weighted by molar-refractivity contribution is -0.00611. The van der Waals surface area contributed by atoms with Gasteiger partial charge in [-0.2, -0.15) is 0 Å². The number of morpholine rings is 1. The van der Waals surface area contributed by atoms with Gasteiger partial charge >= 0.3 is 0 Å². The summed E-state index contributed by atoms with van der Waals surface area (Å²) in [6.45, 7) is 3.41. The van der Waals surface area contributed by atoms with Gasteiger partial charge in [0, 0.05) is 26.2 Å². The van der Waals surface area contributed by atoms with Crippen LogP contribution in [-0.2, 0) is 4.74 Å². The number of halogens is 1. The lowest BCUT2D eigenvalue weighted by atomic mass is 10.1. The van der Waals surface area contributed by atoms with Crippen LogP contribution in [-0.4, -0.2) is 79.5 Å². The maximum Gasteiger partial charge on any atom is 0.257 e. The van der Waals surface area contributed by atoms with E-state index in [2.05, 4.69) is 4.90 Å². The molecule has 1 aromatic carbocycles. The third-order valence-corrected chi connectivity index (χ3v) is 4.46. The molecule has 0 aliphatic carbocycles. The van der Waals surface area contributed by atoms with Crippen LogP contribution < -0.4 is 4.74 Å². The molecule has 3 rings (SSSR count). The predicted molar refractivity (Wildman–Crippen MR) is 81.0 cm³/mol. The third-order valence-electron chi connectivity index (χ3n) is 4.46. The predicted octanol–water partition coefficient (Wildman–Crippen LogP) is 0.352. The van der Waals surface area contributed by atoms with Crippen LogP contribution in [0.3, 0.4) is 0 Å². The molecule has 2 fully saturated rings. The molecular weight excluding hydrogens is 303 g/mol. The second-order valence-electron chi connectivity index (χ2n) is 5.81. The number of likely N-dealkylation sites (tertiary alicyclic amines) is 1. The first kappa shape index (κ1) is 16.2. The molecule has 0 bridgehead atoms. The highest BCUT2D eigenvalue weighted by Crippen LogP contribution is 2.26. The van der Waals surface area contributed by atoms with Gasteiger partial charge < -0.3 is 19.5 Å². The maximum absolute atomic E-state index is 13.8. The van der Waals surface area contributed by atoms with Gasteiger partial charge in [0.15, 0.2) is 11.6 Å². The number of hydrogen-bond donors (Lipinski definition) is 1. The van der Waals surface area contributed by atoms with E-state index in [0.29, 0.717) is 19.8 Å². The SMILES string of the molecule is COc1c(F)cccc1C(=O)N1C[C@@H](O)[C@H](N2CCOCC2)C1. The Morgan fingerprint density at radius 3 is 2.78 bits per heavy atom. The van der Waals surface area contributed by atoms with Crippen molar-refractivity contribution in [3.05, 3.63) is 29.6 Å². The van der Waals surface area contributed by atoms with Gasteiger partial charge in [0.25, 0.3) is 5.91 Å². The van der Waals surface area contributed by atoms with Crippen molar-refractivity contribution in [1.82, 2.24) is 9.80 Å². The number of ether oxygens (including phenoxy) is 2. The van der Waals surface area contributed by atoms with Gasteiger partial charge in [-0.05, 0) is 12.1 Å². The standard InChI is InChI=1S/C16H21FN2O4/c1-22-15-11(3-2-4-12(15)17)16(21)19-9-13(14(20)10-19)18-5-7-23-8-6-18/h2-4,13-14,20H,5-10H2,1H3/t13-,14-/m1/s1. The molecule has 1 amide bonds. The van der Waals surface area contributed by atoms with Crippen LogP contribution in [0.1, 0.15) is 10.4 Å². The van der Waals surface area contributed by atoms with E-state index in [-0.39, 0.29) is 29.8 Å². The average molecular weight is 324 g/mol. The normalized spacial score (nSPS) is 25.6. The van der Waals surface area contributed by atoms with Crippen LogP contribution in [0, 0.1) is 5.82 Å². The monoisotopic (exact) mass is 324 g/mol. The fourth-order valence-electron chi connectivity index (χ4n) is 3.26. The van der Waals surface area contributed by atoms with Gasteiger partial charge in [-0.3, -0.25) is 9.69 Å². The summed E-state index contributed by atoms with van der Waals surface area (Å²) < 4.78 is 24.1. The molecule has 1 N–H and O–H groups in total. The Bertz CT molecular complexity index is 577. The molecule has 7 heteroatoms. The Labute approximate surface area is 134 Å². The summed E-state index contributed by atoms with van der Waals surface area (Å²) in [5.41, 5.74) is 0.183. The second kappa shape index (κ2) is 6.82. The first-order valence-corrected chi connectivity index (χ1v) is 7.73. The molecule has 0 unspecified atom stereocenters. The van der Waals surface area contributed by atoms with Crippen LogP contribution in [0.2, 0.25) is 0 Å². The molecule has 2 atom stereocenters. The smallest absolute Gasteiger partial charge is 0.257 e. The van der Waals surface area contributed by atoms with Crippen LogP contribution in [0.4, 0.5) is 4.39 Å². The molecule has 0 aromatic heterocycles. The van der Waals surface area contributed by atoms with E-state index < -0.39 is 11.9 Å². The minimum Gasteiger partial charge on any atom is -0.493 e. The number of carbonyl (C=O) groups excluding carboxylic acids is 1. The molecule has 6 nitrogen and oxygen atoms in total. The molecule has 0 spiro atoms. The lowest BCUT2D eigenvalue weighted by Crippen LogP contribution is -2.49. The summed E-state index contributed by atoms with van der Waals surface area (Å²) in [5.74, 6) is -0.944. The third kappa shape index (κ3) is 3.17. The molecule has 1 aromatic rings. The molecule has 126 valence electrons. The second-order valence-corrected chi connectivity index (χ2v) is 5.81. The zero-order chi connectivity index (χ0) is 16.4. The van der Waals surface area contributed by atoms with Gasteiger partial charge in [-0.25, -0.2) is 4.39 Å². The first-order valence-electron chi connectivity index (χ1n) is 7.73. The topological polar surface area (TPSA) is 62.2 Å². The summed E-state index contributed by atoms with van der Waals surface area (Å²) in [4.78, 5) is 16.4. The van der Waals surface area contributed by atoms with Crippen molar-refractivity contribution in [2.45, 2.75) is 12.1 Å². The van der Waals surface area contributed by atoms with Crippen molar-refractivity contribution < 1.29 is 23.8 Å². The van der Waals surface area contributed by atoms with Crippen LogP contribution in [0.5, 0.6) is 5.75 Å². The number of aliphatic hydroxyl groups is 1. The number of hydrogen-bond acceptors (Lipinski definition) is 5. The average Bonchev–Trinajstić information content (AvgIpc) is 2.96. The number of methoxy groups -OCH3 is 1. The molecule has 2 saturated heterocycles. The molecule has 0 saturated carbocycles. The zero-order valence-electron chi connectivity index (χ0n) is 13.1. The number of carbonyl (C=O) groups is 1. The summed E-state index contributed by atoms with van der Waals surface area (Å²) in [6.07, 6.45) is -0.614. The van der Waals surface area contributed by atoms with Gasteiger partial charge in [0.2, 0.25) is 0 Å². The summed E-state index contributed by atoms with van der Waals surface area (Å²) in [6, 6.07) is 4.17. The Kier molecular flexibility index (Phi) is 4.79. The highest BCUT2D eigenvalue weighted by Gasteiger charge is 2.39. The highest BCUT2D eigenvalue weighted by molar-refractivity contribution is 5.97. The lowest BCUT2D eigenvalue weighted by Gasteiger charge is -2.33. The number of β-amino-alcohol motifs (C(OH)–C–C–N with tert-alkyl or cyclic N) is 1. The number of para-hydroxylation sites is 1. The minimum absolute atomic E-state index is 0.0539. The number of amides is 1.